The summed E-state index contributed by atoms with van der Waals surface area (Å²) in [5.74, 6) is 0.0161. The Hall–Kier alpha value is -1.42. The number of anilines is 2. The van der Waals surface area contributed by atoms with Crippen LogP contribution in [0.25, 0.3) is 0 Å². The molecule has 4 N–H and O–H groups in total. The minimum absolute atomic E-state index is 0.298. The van der Waals surface area contributed by atoms with Crippen LogP contribution in [-0.2, 0) is 4.74 Å². The van der Waals surface area contributed by atoms with E-state index in [-0.39, 0.29) is 0 Å². The third-order valence-electron chi connectivity index (χ3n) is 1.81. The molecule has 0 unspecified atom stereocenters. The number of benzene rings is 1. The van der Waals surface area contributed by atoms with Crippen molar-refractivity contribution >= 4 is 28.9 Å². The van der Waals surface area contributed by atoms with E-state index in [1.54, 1.807) is 12.1 Å². The topological polar surface area (TPSA) is 78.3 Å². The van der Waals surface area contributed by atoms with Gasteiger partial charge in [0, 0.05) is 17.3 Å². The van der Waals surface area contributed by atoms with Crippen molar-refractivity contribution in [3.8, 4) is 0 Å². The molecule has 0 radical (unpaired) electrons. The number of hydrogen-bond acceptors (Lipinski definition) is 4. The molecular weight excluding hydrogens is 216 g/mol. The molecule has 0 saturated heterocycles. The van der Waals surface area contributed by atoms with Gasteiger partial charge in [0.25, 0.3) is 0 Å². The zero-order valence-electron chi connectivity index (χ0n) is 8.20. The molecule has 0 spiro atoms. The number of nitrogen functional groups attached to an aromatic ring is 2. The number of carbonyl (C=O) groups is 1. The molecule has 0 saturated carbocycles. The predicted molar refractivity (Wildman–Crippen MR) is 60.9 cm³/mol. The fourth-order valence-corrected chi connectivity index (χ4v) is 1.17. The van der Waals surface area contributed by atoms with Crippen LogP contribution in [0.2, 0.25) is 0 Å². The van der Waals surface area contributed by atoms with Gasteiger partial charge in [-0.15, -0.1) is 11.6 Å². The molecule has 0 amide bonds. The van der Waals surface area contributed by atoms with Crippen LogP contribution in [0.5, 0.6) is 0 Å². The molecule has 0 aliphatic carbocycles. The molecule has 1 aromatic rings. The summed E-state index contributed by atoms with van der Waals surface area (Å²) in [4.78, 5) is 11.5. The van der Waals surface area contributed by atoms with Crippen molar-refractivity contribution in [3.63, 3.8) is 0 Å². The third-order valence-corrected chi connectivity index (χ3v) is 2.07. The summed E-state index contributed by atoms with van der Waals surface area (Å²) in [6.07, 6.45) is 0.627. The van der Waals surface area contributed by atoms with Crippen LogP contribution in [0.3, 0.4) is 0 Å². The summed E-state index contributed by atoms with van der Waals surface area (Å²) in [7, 11) is 0. The lowest BCUT2D eigenvalue weighted by Gasteiger charge is -2.06. The van der Waals surface area contributed by atoms with Crippen molar-refractivity contribution in [2.24, 2.45) is 0 Å². The molecule has 0 atom stereocenters. The average Bonchev–Trinajstić information content (AvgIpc) is 2.17. The standard InChI is InChI=1S/C10H13ClN2O2/c11-4-1-5-15-10(14)8-3-2-7(12)6-9(8)13/h2-3,6H,1,4-5,12-13H2. The molecule has 0 aliphatic rings. The molecule has 1 aromatic carbocycles. The van der Waals surface area contributed by atoms with E-state index in [0.29, 0.717) is 35.8 Å². The number of alkyl halides is 1. The number of halogens is 1. The molecule has 5 heteroatoms. The normalized spacial score (nSPS) is 9.93. The van der Waals surface area contributed by atoms with Gasteiger partial charge in [0.2, 0.25) is 0 Å². The van der Waals surface area contributed by atoms with Crippen LogP contribution in [0.4, 0.5) is 11.4 Å². The van der Waals surface area contributed by atoms with Gasteiger partial charge in [-0.2, -0.15) is 0 Å². The number of carbonyl (C=O) groups excluding carboxylic acids is 1. The zero-order chi connectivity index (χ0) is 11.3. The van der Waals surface area contributed by atoms with Gasteiger partial charge in [0.05, 0.1) is 12.2 Å². The average molecular weight is 229 g/mol. The number of rotatable bonds is 4. The molecule has 0 fully saturated rings. The summed E-state index contributed by atoms with van der Waals surface area (Å²) in [6.45, 7) is 0.298. The highest BCUT2D eigenvalue weighted by molar-refractivity contribution is 6.17. The number of ether oxygens (including phenoxy) is 1. The molecule has 82 valence electrons. The Morgan fingerprint density at radius 3 is 2.73 bits per heavy atom. The first-order chi connectivity index (χ1) is 7.15. The van der Waals surface area contributed by atoms with E-state index < -0.39 is 5.97 Å². The summed E-state index contributed by atoms with van der Waals surface area (Å²) in [6, 6.07) is 4.68. The minimum Gasteiger partial charge on any atom is -0.462 e. The van der Waals surface area contributed by atoms with Crippen molar-refractivity contribution < 1.29 is 9.53 Å². The van der Waals surface area contributed by atoms with Gasteiger partial charge in [0.1, 0.15) is 0 Å². The third kappa shape index (κ3) is 3.32. The predicted octanol–water partition coefficient (Wildman–Crippen LogP) is 1.64. The maximum atomic E-state index is 11.5. The van der Waals surface area contributed by atoms with Gasteiger partial charge in [-0.05, 0) is 24.6 Å². The van der Waals surface area contributed by atoms with E-state index >= 15 is 0 Å². The van der Waals surface area contributed by atoms with Crippen LogP contribution in [-0.4, -0.2) is 18.5 Å². The van der Waals surface area contributed by atoms with E-state index in [1.807, 2.05) is 0 Å². The first-order valence-corrected chi connectivity index (χ1v) is 5.06. The number of hydrogen-bond donors (Lipinski definition) is 2. The quantitative estimate of drug-likeness (QED) is 0.355. The Morgan fingerprint density at radius 2 is 2.13 bits per heavy atom. The van der Waals surface area contributed by atoms with Crippen molar-refractivity contribution in [2.75, 3.05) is 24.0 Å². The van der Waals surface area contributed by atoms with Crippen LogP contribution >= 0.6 is 11.6 Å². The Balaban J connectivity index is 2.65. The Morgan fingerprint density at radius 1 is 1.40 bits per heavy atom. The maximum Gasteiger partial charge on any atom is 0.340 e. The second-order valence-corrected chi connectivity index (χ2v) is 3.40. The molecule has 4 nitrogen and oxygen atoms in total. The monoisotopic (exact) mass is 228 g/mol. The van der Waals surface area contributed by atoms with Gasteiger partial charge in [-0.3, -0.25) is 0 Å². The summed E-state index contributed by atoms with van der Waals surface area (Å²) in [5, 5.41) is 0. The first kappa shape index (κ1) is 11.7. The Labute approximate surface area is 93.1 Å². The summed E-state index contributed by atoms with van der Waals surface area (Å²) >= 11 is 5.45. The second-order valence-electron chi connectivity index (χ2n) is 3.03. The van der Waals surface area contributed by atoms with E-state index in [0.717, 1.165) is 0 Å². The smallest absolute Gasteiger partial charge is 0.340 e. The van der Waals surface area contributed by atoms with Gasteiger partial charge >= 0.3 is 5.97 Å². The maximum absolute atomic E-state index is 11.5. The highest BCUT2D eigenvalue weighted by Crippen LogP contribution is 2.16. The summed E-state index contributed by atoms with van der Waals surface area (Å²) < 4.78 is 4.94. The van der Waals surface area contributed by atoms with Crippen LogP contribution in [0.15, 0.2) is 18.2 Å². The van der Waals surface area contributed by atoms with Crippen molar-refractivity contribution in [3.05, 3.63) is 23.8 Å². The van der Waals surface area contributed by atoms with Gasteiger partial charge < -0.3 is 16.2 Å². The fourth-order valence-electron chi connectivity index (χ4n) is 1.06. The highest BCUT2D eigenvalue weighted by atomic mass is 35.5. The second kappa shape index (κ2) is 5.46. The lowest BCUT2D eigenvalue weighted by molar-refractivity contribution is 0.0507. The lowest BCUT2D eigenvalue weighted by Crippen LogP contribution is -2.09. The zero-order valence-corrected chi connectivity index (χ0v) is 8.96. The highest BCUT2D eigenvalue weighted by Gasteiger charge is 2.10. The van der Waals surface area contributed by atoms with Crippen LogP contribution in [0, 0.1) is 0 Å². The van der Waals surface area contributed by atoms with Crippen molar-refractivity contribution in [1.29, 1.82) is 0 Å². The minimum atomic E-state index is -0.447. The Kier molecular flexibility index (Phi) is 4.24. The molecule has 0 aliphatic heterocycles. The Bertz CT molecular complexity index is 355. The van der Waals surface area contributed by atoms with Gasteiger partial charge in [0.15, 0.2) is 0 Å². The molecule has 15 heavy (non-hydrogen) atoms. The summed E-state index contributed by atoms with van der Waals surface area (Å²) in [5.41, 5.74) is 12.3. The lowest BCUT2D eigenvalue weighted by atomic mass is 10.1. The van der Waals surface area contributed by atoms with Crippen LogP contribution < -0.4 is 11.5 Å². The van der Waals surface area contributed by atoms with Gasteiger partial charge in [-0.25, -0.2) is 4.79 Å². The van der Waals surface area contributed by atoms with E-state index in [2.05, 4.69) is 0 Å². The molecule has 0 aromatic heterocycles. The van der Waals surface area contributed by atoms with E-state index in [4.69, 9.17) is 27.8 Å². The van der Waals surface area contributed by atoms with Gasteiger partial charge in [-0.1, -0.05) is 0 Å². The number of nitrogens with two attached hydrogens (primary N) is 2. The molecule has 1 rings (SSSR count). The molecule has 0 heterocycles. The van der Waals surface area contributed by atoms with Crippen molar-refractivity contribution in [1.82, 2.24) is 0 Å². The van der Waals surface area contributed by atoms with Crippen LogP contribution in [0.1, 0.15) is 16.8 Å². The first-order valence-electron chi connectivity index (χ1n) is 4.53. The molecular formula is C10H13ClN2O2. The SMILES string of the molecule is Nc1ccc(C(=O)OCCCCl)c(N)c1. The van der Waals surface area contributed by atoms with Crippen molar-refractivity contribution in [2.45, 2.75) is 6.42 Å². The molecule has 0 bridgehead atoms. The fraction of sp³-hybridized carbons (Fsp3) is 0.300. The van der Waals surface area contributed by atoms with E-state index in [9.17, 15) is 4.79 Å². The van der Waals surface area contributed by atoms with E-state index in [1.165, 1.54) is 6.07 Å². The number of esters is 1. The largest absolute Gasteiger partial charge is 0.462 e.